The van der Waals surface area contributed by atoms with E-state index in [1.54, 1.807) is 0 Å². The second-order valence-electron chi connectivity index (χ2n) is 4.91. The zero-order chi connectivity index (χ0) is 11.1. The first-order chi connectivity index (χ1) is 7.78. The van der Waals surface area contributed by atoms with E-state index in [2.05, 4.69) is 41.9 Å². The van der Waals surface area contributed by atoms with Crippen molar-refractivity contribution in [2.24, 2.45) is 5.92 Å². The van der Waals surface area contributed by atoms with Gasteiger partial charge in [-0.2, -0.15) is 0 Å². The first-order valence-corrected chi connectivity index (χ1v) is 6.16. The molecular weight excluding hydrogens is 196 g/mol. The minimum atomic E-state index is 0.664. The average molecular weight is 214 g/mol. The first-order valence-electron chi connectivity index (χ1n) is 6.16. The number of hydrogen-bond acceptors (Lipinski definition) is 2. The molecular formula is C14H18N2. The predicted molar refractivity (Wildman–Crippen MR) is 66.1 cm³/mol. The van der Waals surface area contributed by atoms with E-state index < -0.39 is 0 Å². The molecule has 0 radical (unpaired) electrons. The Labute approximate surface area is 97.0 Å². The summed E-state index contributed by atoms with van der Waals surface area (Å²) >= 11 is 0. The third-order valence-corrected chi connectivity index (χ3v) is 3.85. The van der Waals surface area contributed by atoms with Crippen LogP contribution in [0.25, 0.3) is 5.57 Å². The van der Waals surface area contributed by atoms with Crippen LogP contribution < -0.4 is 0 Å². The fourth-order valence-corrected chi connectivity index (χ4v) is 3.11. The highest BCUT2D eigenvalue weighted by atomic mass is 15.2. The maximum atomic E-state index is 4.27. The summed E-state index contributed by atoms with van der Waals surface area (Å²) in [6, 6.07) is 5.02. The van der Waals surface area contributed by atoms with E-state index in [4.69, 9.17) is 0 Å². The number of likely N-dealkylation sites (N-methyl/N-ethyl adjacent to an activating group) is 1. The number of fused-ring (bicyclic) bond motifs is 2. The van der Waals surface area contributed by atoms with Gasteiger partial charge in [-0.1, -0.05) is 13.0 Å². The SMILES string of the molecule is CCN1CC2C=C(c3ccnc(C)c3)C1C2. The molecule has 16 heavy (non-hydrogen) atoms. The molecule has 2 atom stereocenters. The normalized spacial score (nSPS) is 28.5. The summed E-state index contributed by atoms with van der Waals surface area (Å²) < 4.78 is 0. The third kappa shape index (κ3) is 1.49. The van der Waals surface area contributed by atoms with Crippen molar-refractivity contribution in [3.63, 3.8) is 0 Å². The van der Waals surface area contributed by atoms with Gasteiger partial charge in [0.2, 0.25) is 0 Å². The molecule has 1 saturated heterocycles. The van der Waals surface area contributed by atoms with Crippen molar-refractivity contribution >= 4 is 5.57 Å². The van der Waals surface area contributed by atoms with Crippen molar-refractivity contribution < 1.29 is 0 Å². The van der Waals surface area contributed by atoms with Gasteiger partial charge in [0.05, 0.1) is 0 Å². The molecule has 0 amide bonds. The van der Waals surface area contributed by atoms with Crippen molar-refractivity contribution in [2.75, 3.05) is 13.1 Å². The topological polar surface area (TPSA) is 16.1 Å². The van der Waals surface area contributed by atoms with Crippen molar-refractivity contribution in [1.82, 2.24) is 9.88 Å². The second-order valence-corrected chi connectivity index (χ2v) is 4.91. The maximum absolute atomic E-state index is 4.27. The van der Waals surface area contributed by atoms with Gasteiger partial charge in [-0.3, -0.25) is 9.88 Å². The second kappa shape index (κ2) is 3.70. The van der Waals surface area contributed by atoms with E-state index >= 15 is 0 Å². The highest BCUT2D eigenvalue weighted by molar-refractivity contribution is 5.73. The average Bonchev–Trinajstić information content (AvgIpc) is 2.87. The van der Waals surface area contributed by atoms with E-state index in [1.165, 1.54) is 30.6 Å². The molecule has 3 rings (SSSR count). The Hall–Kier alpha value is -1.15. The minimum absolute atomic E-state index is 0.664. The number of pyridine rings is 1. The number of hydrogen-bond donors (Lipinski definition) is 0. The van der Waals surface area contributed by atoms with Crippen LogP contribution in [0.5, 0.6) is 0 Å². The predicted octanol–water partition coefficient (Wildman–Crippen LogP) is 2.50. The van der Waals surface area contributed by atoms with Gasteiger partial charge in [0.1, 0.15) is 0 Å². The Balaban J connectivity index is 1.95. The molecule has 1 aliphatic carbocycles. The van der Waals surface area contributed by atoms with Crippen LogP contribution in [0.3, 0.4) is 0 Å². The van der Waals surface area contributed by atoms with Gasteiger partial charge in [0.15, 0.2) is 0 Å². The van der Waals surface area contributed by atoms with Crippen molar-refractivity contribution in [2.45, 2.75) is 26.3 Å². The fourth-order valence-electron chi connectivity index (χ4n) is 3.11. The van der Waals surface area contributed by atoms with Gasteiger partial charge < -0.3 is 0 Å². The van der Waals surface area contributed by atoms with Crippen LogP contribution >= 0.6 is 0 Å². The molecule has 1 aromatic heterocycles. The number of likely N-dealkylation sites (tertiary alicyclic amines) is 1. The minimum Gasteiger partial charge on any atom is -0.296 e. The Morgan fingerprint density at radius 2 is 2.38 bits per heavy atom. The lowest BCUT2D eigenvalue weighted by Crippen LogP contribution is -2.31. The van der Waals surface area contributed by atoms with Crippen molar-refractivity contribution in [1.29, 1.82) is 0 Å². The van der Waals surface area contributed by atoms with Crippen LogP contribution in [0.2, 0.25) is 0 Å². The first kappa shape index (κ1) is 10.0. The van der Waals surface area contributed by atoms with Gasteiger partial charge >= 0.3 is 0 Å². The molecule has 0 saturated carbocycles. The quantitative estimate of drug-likeness (QED) is 0.752. The summed E-state index contributed by atoms with van der Waals surface area (Å²) in [6.07, 6.45) is 5.73. The summed E-state index contributed by atoms with van der Waals surface area (Å²) in [5, 5.41) is 0. The number of nitrogens with zero attached hydrogens (tertiary/aromatic N) is 2. The number of rotatable bonds is 2. The maximum Gasteiger partial charge on any atom is 0.0378 e. The molecule has 2 nitrogen and oxygen atoms in total. The van der Waals surface area contributed by atoms with E-state index in [-0.39, 0.29) is 0 Å². The van der Waals surface area contributed by atoms with E-state index in [9.17, 15) is 0 Å². The summed E-state index contributed by atoms with van der Waals surface area (Å²) in [4.78, 5) is 6.86. The molecule has 1 aromatic rings. The molecule has 1 aliphatic heterocycles. The smallest absolute Gasteiger partial charge is 0.0378 e. The van der Waals surface area contributed by atoms with Gasteiger partial charge in [-0.25, -0.2) is 0 Å². The Kier molecular flexibility index (Phi) is 2.32. The summed E-state index contributed by atoms with van der Waals surface area (Å²) in [7, 11) is 0. The summed E-state index contributed by atoms with van der Waals surface area (Å²) in [5.41, 5.74) is 4.02. The lowest BCUT2D eigenvalue weighted by Gasteiger charge is -2.27. The van der Waals surface area contributed by atoms with Crippen LogP contribution in [0.15, 0.2) is 24.4 Å². The molecule has 0 spiro atoms. The molecule has 2 heteroatoms. The lowest BCUT2D eigenvalue weighted by atomic mass is 10.0. The largest absolute Gasteiger partial charge is 0.296 e. The highest BCUT2D eigenvalue weighted by Gasteiger charge is 2.38. The van der Waals surface area contributed by atoms with Gasteiger partial charge in [0, 0.05) is 24.5 Å². The van der Waals surface area contributed by atoms with Crippen LogP contribution in [0.4, 0.5) is 0 Å². The van der Waals surface area contributed by atoms with Crippen molar-refractivity contribution in [3.05, 3.63) is 35.7 Å². The molecule has 2 heterocycles. The van der Waals surface area contributed by atoms with Crippen molar-refractivity contribution in [3.8, 4) is 0 Å². The monoisotopic (exact) mass is 214 g/mol. The highest BCUT2D eigenvalue weighted by Crippen LogP contribution is 2.41. The molecule has 0 aromatic carbocycles. The van der Waals surface area contributed by atoms with E-state index in [0.717, 1.165) is 11.6 Å². The van der Waals surface area contributed by atoms with Gasteiger partial charge in [0.25, 0.3) is 0 Å². The van der Waals surface area contributed by atoms with Crippen LogP contribution in [0.1, 0.15) is 24.6 Å². The lowest BCUT2D eigenvalue weighted by molar-refractivity contribution is 0.303. The Morgan fingerprint density at radius 3 is 3.06 bits per heavy atom. The molecule has 84 valence electrons. The molecule has 1 fully saturated rings. The molecule has 2 unspecified atom stereocenters. The zero-order valence-corrected chi connectivity index (χ0v) is 9.98. The van der Waals surface area contributed by atoms with E-state index in [0.29, 0.717) is 6.04 Å². The van der Waals surface area contributed by atoms with Crippen LogP contribution in [-0.2, 0) is 0 Å². The van der Waals surface area contributed by atoms with Crippen LogP contribution in [-0.4, -0.2) is 29.0 Å². The van der Waals surface area contributed by atoms with Gasteiger partial charge in [-0.05, 0) is 49.1 Å². The zero-order valence-electron chi connectivity index (χ0n) is 9.98. The molecule has 2 bridgehead atoms. The summed E-state index contributed by atoms with van der Waals surface area (Å²) in [5.74, 6) is 0.786. The number of aromatic nitrogens is 1. The van der Waals surface area contributed by atoms with Crippen LogP contribution in [0, 0.1) is 12.8 Å². The third-order valence-electron chi connectivity index (χ3n) is 3.85. The number of aryl methyl sites for hydroxylation is 1. The van der Waals surface area contributed by atoms with E-state index in [1.807, 2.05) is 6.20 Å². The summed E-state index contributed by atoms with van der Waals surface area (Å²) in [6.45, 7) is 6.75. The fraction of sp³-hybridized carbons (Fsp3) is 0.500. The van der Waals surface area contributed by atoms with Gasteiger partial charge in [-0.15, -0.1) is 0 Å². The Bertz CT molecular complexity index is 436. The standard InChI is InChI=1S/C14H18N2/c1-3-16-9-11-7-13(14(16)8-11)12-4-5-15-10(2)6-12/h4-7,11,14H,3,8-9H2,1-2H3. The Morgan fingerprint density at radius 1 is 1.50 bits per heavy atom. The molecule has 2 aliphatic rings. The molecule has 0 N–H and O–H groups in total.